The van der Waals surface area contributed by atoms with Gasteiger partial charge in [-0.05, 0) is 55.5 Å². The van der Waals surface area contributed by atoms with Gasteiger partial charge in [0.25, 0.3) is 0 Å². The standard InChI is InChI=1S/C19H17BrN2O3S/c1-14-2-10-19(11-3-14)26(23,24)22-13-18-9-8-17(25-18)12-21-16-6-4-15(20)5-7-16/h2-12,22H,13H2,1H3. The van der Waals surface area contributed by atoms with E-state index < -0.39 is 10.0 Å². The van der Waals surface area contributed by atoms with Gasteiger partial charge < -0.3 is 4.42 Å². The Morgan fingerprint density at radius 2 is 1.73 bits per heavy atom. The Kier molecular flexibility index (Phi) is 5.70. The van der Waals surface area contributed by atoms with Crippen LogP contribution in [0.4, 0.5) is 5.69 Å². The predicted molar refractivity (Wildman–Crippen MR) is 105 cm³/mol. The number of aryl methyl sites for hydroxylation is 1. The number of aliphatic imine (C=N–C) groups is 1. The minimum absolute atomic E-state index is 0.0718. The molecule has 5 nitrogen and oxygen atoms in total. The van der Waals surface area contributed by atoms with Crippen LogP contribution < -0.4 is 4.72 Å². The van der Waals surface area contributed by atoms with E-state index in [2.05, 4.69) is 25.6 Å². The molecule has 7 heteroatoms. The van der Waals surface area contributed by atoms with E-state index in [1.165, 1.54) is 0 Å². The van der Waals surface area contributed by atoms with E-state index in [0.29, 0.717) is 11.5 Å². The van der Waals surface area contributed by atoms with Crippen molar-refractivity contribution < 1.29 is 12.8 Å². The van der Waals surface area contributed by atoms with E-state index in [0.717, 1.165) is 15.7 Å². The molecule has 3 rings (SSSR count). The number of sulfonamides is 1. The average Bonchev–Trinajstić information content (AvgIpc) is 3.08. The predicted octanol–water partition coefficient (Wildman–Crippen LogP) is 4.58. The molecule has 0 spiro atoms. The van der Waals surface area contributed by atoms with Crippen molar-refractivity contribution in [2.75, 3.05) is 0 Å². The van der Waals surface area contributed by atoms with Gasteiger partial charge in [0.15, 0.2) is 0 Å². The van der Waals surface area contributed by atoms with Crippen LogP contribution in [0, 0.1) is 6.92 Å². The molecule has 0 saturated carbocycles. The smallest absolute Gasteiger partial charge is 0.240 e. The summed E-state index contributed by atoms with van der Waals surface area (Å²) >= 11 is 3.37. The maximum atomic E-state index is 12.3. The molecular weight excluding hydrogens is 416 g/mol. The number of nitrogens with zero attached hydrogens (tertiary/aromatic N) is 1. The van der Waals surface area contributed by atoms with Gasteiger partial charge in [0.05, 0.1) is 23.3 Å². The van der Waals surface area contributed by atoms with E-state index in [-0.39, 0.29) is 11.4 Å². The molecule has 0 saturated heterocycles. The third-order valence-corrected chi connectivity index (χ3v) is 5.56. The first-order valence-electron chi connectivity index (χ1n) is 7.87. The lowest BCUT2D eigenvalue weighted by molar-refractivity contribution is 0.494. The highest BCUT2D eigenvalue weighted by atomic mass is 79.9. The Morgan fingerprint density at radius 1 is 1.04 bits per heavy atom. The van der Waals surface area contributed by atoms with E-state index >= 15 is 0 Å². The van der Waals surface area contributed by atoms with Crippen LogP contribution in [0.3, 0.4) is 0 Å². The summed E-state index contributed by atoms with van der Waals surface area (Å²) in [4.78, 5) is 4.55. The summed E-state index contributed by atoms with van der Waals surface area (Å²) < 4.78 is 33.7. The number of hydrogen-bond donors (Lipinski definition) is 1. The second kappa shape index (κ2) is 7.99. The maximum absolute atomic E-state index is 12.3. The van der Waals surface area contributed by atoms with Crippen LogP contribution in [0.15, 0.2) is 79.4 Å². The summed E-state index contributed by atoms with van der Waals surface area (Å²) in [5.41, 5.74) is 1.80. The molecule has 0 atom stereocenters. The molecule has 0 radical (unpaired) electrons. The Labute approximate surface area is 161 Å². The van der Waals surface area contributed by atoms with Gasteiger partial charge in [-0.2, -0.15) is 0 Å². The maximum Gasteiger partial charge on any atom is 0.240 e. The number of furan rings is 1. The molecule has 0 aliphatic rings. The topological polar surface area (TPSA) is 71.7 Å². The third kappa shape index (κ3) is 4.91. The highest BCUT2D eigenvalue weighted by molar-refractivity contribution is 9.10. The fourth-order valence-electron chi connectivity index (χ4n) is 2.19. The molecule has 0 aliphatic carbocycles. The van der Waals surface area contributed by atoms with Crippen molar-refractivity contribution in [1.82, 2.24) is 4.72 Å². The van der Waals surface area contributed by atoms with E-state index in [9.17, 15) is 8.42 Å². The number of halogens is 1. The summed E-state index contributed by atoms with van der Waals surface area (Å²) in [6.45, 7) is 1.98. The minimum atomic E-state index is -3.57. The van der Waals surface area contributed by atoms with Gasteiger partial charge in [-0.25, -0.2) is 13.1 Å². The summed E-state index contributed by atoms with van der Waals surface area (Å²) in [5.74, 6) is 1.07. The third-order valence-electron chi connectivity index (χ3n) is 3.62. The first-order chi connectivity index (χ1) is 12.4. The van der Waals surface area contributed by atoms with Crippen molar-refractivity contribution in [1.29, 1.82) is 0 Å². The van der Waals surface area contributed by atoms with Crippen LogP contribution in [-0.4, -0.2) is 14.6 Å². The molecule has 1 heterocycles. The number of benzene rings is 2. The monoisotopic (exact) mass is 432 g/mol. The van der Waals surface area contributed by atoms with Crippen molar-refractivity contribution in [2.24, 2.45) is 4.99 Å². The van der Waals surface area contributed by atoms with Crippen molar-refractivity contribution in [2.45, 2.75) is 18.4 Å². The van der Waals surface area contributed by atoms with Crippen molar-refractivity contribution in [3.63, 3.8) is 0 Å². The normalized spacial score (nSPS) is 11.9. The van der Waals surface area contributed by atoms with Crippen LogP contribution in [0.2, 0.25) is 0 Å². The van der Waals surface area contributed by atoms with Gasteiger partial charge >= 0.3 is 0 Å². The highest BCUT2D eigenvalue weighted by Gasteiger charge is 2.14. The molecule has 134 valence electrons. The Balaban J connectivity index is 1.63. The van der Waals surface area contributed by atoms with E-state index in [1.807, 2.05) is 31.2 Å². The Morgan fingerprint density at radius 3 is 2.42 bits per heavy atom. The Hall–Kier alpha value is -2.22. The van der Waals surface area contributed by atoms with Crippen molar-refractivity contribution in [3.05, 3.63) is 82.2 Å². The largest absolute Gasteiger partial charge is 0.459 e. The van der Waals surface area contributed by atoms with Gasteiger partial charge in [0.1, 0.15) is 11.5 Å². The lowest BCUT2D eigenvalue weighted by atomic mass is 10.2. The van der Waals surface area contributed by atoms with E-state index in [1.54, 1.807) is 42.6 Å². The molecule has 26 heavy (non-hydrogen) atoms. The van der Waals surface area contributed by atoms with Crippen molar-refractivity contribution >= 4 is 37.9 Å². The molecular formula is C19H17BrN2O3S. The van der Waals surface area contributed by atoms with Gasteiger partial charge in [0.2, 0.25) is 10.0 Å². The number of rotatable bonds is 6. The molecule has 2 aromatic carbocycles. The first-order valence-corrected chi connectivity index (χ1v) is 10.1. The Bertz CT molecular complexity index is 1010. The zero-order valence-corrected chi connectivity index (χ0v) is 16.4. The van der Waals surface area contributed by atoms with Crippen molar-refractivity contribution in [3.8, 4) is 0 Å². The second-order valence-electron chi connectivity index (χ2n) is 5.68. The zero-order chi connectivity index (χ0) is 18.6. The van der Waals surface area contributed by atoms with Gasteiger partial charge in [0, 0.05) is 4.47 Å². The molecule has 3 aromatic rings. The summed E-state index contributed by atoms with van der Waals surface area (Å²) in [6, 6.07) is 17.7. The minimum Gasteiger partial charge on any atom is -0.459 e. The highest BCUT2D eigenvalue weighted by Crippen LogP contribution is 2.17. The molecule has 0 amide bonds. The second-order valence-corrected chi connectivity index (χ2v) is 8.36. The van der Waals surface area contributed by atoms with Gasteiger partial charge in [-0.1, -0.05) is 33.6 Å². The fraction of sp³-hybridized carbons (Fsp3) is 0.105. The number of nitrogens with one attached hydrogen (secondary N) is 1. The van der Waals surface area contributed by atoms with Crippen LogP contribution in [-0.2, 0) is 16.6 Å². The SMILES string of the molecule is Cc1ccc(S(=O)(=O)NCc2ccc(C=Nc3ccc(Br)cc3)o2)cc1. The molecule has 0 unspecified atom stereocenters. The lowest BCUT2D eigenvalue weighted by Gasteiger charge is -2.05. The first kappa shape index (κ1) is 18.6. The molecule has 1 aromatic heterocycles. The molecule has 0 bridgehead atoms. The quantitative estimate of drug-likeness (QED) is 0.579. The van der Waals surface area contributed by atoms with E-state index in [4.69, 9.17) is 4.42 Å². The fourth-order valence-corrected chi connectivity index (χ4v) is 3.45. The molecule has 0 fully saturated rings. The van der Waals surface area contributed by atoms with Crippen LogP contribution in [0.5, 0.6) is 0 Å². The average molecular weight is 433 g/mol. The van der Waals surface area contributed by atoms with Gasteiger partial charge in [-0.3, -0.25) is 4.99 Å². The zero-order valence-electron chi connectivity index (χ0n) is 14.0. The summed E-state index contributed by atoms with van der Waals surface area (Å²) in [7, 11) is -3.57. The van der Waals surface area contributed by atoms with Gasteiger partial charge in [-0.15, -0.1) is 0 Å². The van der Waals surface area contributed by atoms with Crippen LogP contribution in [0.1, 0.15) is 17.1 Å². The lowest BCUT2D eigenvalue weighted by Crippen LogP contribution is -2.22. The summed E-state index contributed by atoms with van der Waals surface area (Å²) in [6.07, 6.45) is 1.60. The molecule has 0 aliphatic heterocycles. The molecule has 1 N–H and O–H groups in total. The van der Waals surface area contributed by atoms with Crippen LogP contribution in [0.25, 0.3) is 0 Å². The number of hydrogen-bond acceptors (Lipinski definition) is 4. The van der Waals surface area contributed by atoms with Crippen LogP contribution >= 0.6 is 15.9 Å². The summed E-state index contributed by atoms with van der Waals surface area (Å²) in [5, 5.41) is 0.